The van der Waals surface area contributed by atoms with E-state index in [9.17, 15) is 4.79 Å². The number of hydrogen-bond donors (Lipinski definition) is 0. The number of thiophene rings is 1. The largest absolute Gasteiger partial charge is 0.467 e. The van der Waals surface area contributed by atoms with E-state index in [0.29, 0.717) is 11.6 Å². The van der Waals surface area contributed by atoms with Gasteiger partial charge in [-0.05, 0) is 29.6 Å². The van der Waals surface area contributed by atoms with Gasteiger partial charge in [-0.2, -0.15) is 5.10 Å². The van der Waals surface area contributed by atoms with Gasteiger partial charge in [-0.3, -0.25) is 4.79 Å². The lowest BCUT2D eigenvalue weighted by Crippen LogP contribution is -2.28. The molecule has 1 aliphatic heterocycles. The van der Waals surface area contributed by atoms with Gasteiger partial charge in [0, 0.05) is 18.8 Å². The van der Waals surface area contributed by atoms with E-state index in [0.717, 1.165) is 16.3 Å². The van der Waals surface area contributed by atoms with E-state index in [1.807, 2.05) is 29.6 Å². The van der Waals surface area contributed by atoms with Gasteiger partial charge in [0.15, 0.2) is 5.16 Å². The van der Waals surface area contributed by atoms with Crippen molar-refractivity contribution in [2.45, 2.75) is 17.6 Å². The van der Waals surface area contributed by atoms with Crippen molar-refractivity contribution >= 4 is 34.7 Å². The molecule has 1 aliphatic rings. The third-order valence-electron chi connectivity index (χ3n) is 3.71. The summed E-state index contributed by atoms with van der Waals surface area (Å²) in [5, 5.41) is 8.69. The normalized spacial score (nSPS) is 16.9. The Hall–Kier alpha value is -2.45. The fourth-order valence-electron chi connectivity index (χ4n) is 2.59. The number of carbonyl (C=O) groups excluding carboxylic acids is 1. The van der Waals surface area contributed by atoms with Crippen LogP contribution in [0.1, 0.15) is 23.1 Å². The van der Waals surface area contributed by atoms with E-state index in [-0.39, 0.29) is 17.7 Å². The second-order valence-electron chi connectivity index (χ2n) is 5.32. The van der Waals surface area contributed by atoms with Crippen LogP contribution in [0.5, 0.6) is 0 Å². The highest BCUT2D eigenvalue weighted by Crippen LogP contribution is 2.34. The van der Waals surface area contributed by atoms with E-state index in [4.69, 9.17) is 4.42 Å². The number of furan rings is 1. The van der Waals surface area contributed by atoms with Crippen molar-refractivity contribution < 1.29 is 9.21 Å². The Morgan fingerprint density at radius 2 is 2.16 bits per heavy atom. The number of rotatable bonds is 5. The molecular formula is C17H14N4O2S2. The highest BCUT2D eigenvalue weighted by Gasteiger charge is 2.35. The fraction of sp³-hybridized carbons (Fsp3) is 0.176. The molecule has 1 atom stereocenters. The van der Waals surface area contributed by atoms with Crippen LogP contribution in [0.2, 0.25) is 0 Å². The van der Waals surface area contributed by atoms with Crippen molar-refractivity contribution in [1.82, 2.24) is 15.0 Å². The maximum absolute atomic E-state index is 12.7. The third-order valence-corrected chi connectivity index (χ3v) is 5.49. The molecule has 25 heavy (non-hydrogen) atoms. The molecule has 4 rings (SSSR count). The summed E-state index contributed by atoms with van der Waals surface area (Å²) in [5.74, 6) is 0.873. The van der Waals surface area contributed by atoms with Crippen LogP contribution in [0.25, 0.3) is 0 Å². The molecule has 0 saturated heterocycles. The molecule has 4 heterocycles. The molecule has 3 aromatic rings. The number of thioether (sulfide) groups is 1. The molecule has 3 aromatic heterocycles. The first-order chi connectivity index (χ1) is 12.3. The number of hydrogen-bond acceptors (Lipinski definition) is 7. The highest BCUT2D eigenvalue weighted by molar-refractivity contribution is 7.99. The first-order valence-corrected chi connectivity index (χ1v) is 9.54. The summed E-state index contributed by atoms with van der Waals surface area (Å²) in [5.41, 5.74) is 0.908. The third kappa shape index (κ3) is 3.49. The Morgan fingerprint density at radius 3 is 2.88 bits per heavy atom. The maximum Gasteiger partial charge on any atom is 0.253 e. The van der Waals surface area contributed by atoms with Gasteiger partial charge < -0.3 is 4.42 Å². The van der Waals surface area contributed by atoms with Crippen molar-refractivity contribution in [2.75, 3.05) is 5.75 Å². The SMILES string of the molecule is O=C(CSc1ncccn1)N1N=C(c2cccs2)C[C@H]1c1ccco1. The Balaban J connectivity index is 1.54. The average Bonchev–Trinajstić information content (AvgIpc) is 3.40. The average molecular weight is 370 g/mol. The monoisotopic (exact) mass is 370 g/mol. The second kappa shape index (κ2) is 7.20. The van der Waals surface area contributed by atoms with E-state index in [1.54, 1.807) is 36.1 Å². The summed E-state index contributed by atoms with van der Waals surface area (Å²) in [6.07, 6.45) is 5.59. The lowest BCUT2D eigenvalue weighted by molar-refractivity contribution is -0.130. The van der Waals surface area contributed by atoms with Gasteiger partial charge in [0.1, 0.15) is 11.8 Å². The van der Waals surface area contributed by atoms with Crippen LogP contribution in [-0.4, -0.2) is 32.3 Å². The number of hydrazone groups is 1. The molecule has 126 valence electrons. The molecule has 0 spiro atoms. The molecular weight excluding hydrogens is 356 g/mol. The number of aromatic nitrogens is 2. The molecule has 0 unspecified atom stereocenters. The van der Waals surface area contributed by atoms with Crippen molar-refractivity contribution in [3.8, 4) is 0 Å². The summed E-state index contributed by atoms with van der Waals surface area (Å²) in [4.78, 5) is 22.1. The second-order valence-corrected chi connectivity index (χ2v) is 7.21. The molecule has 0 aromatic carbocycles. The number of nitrogens with zero attached hydrogens (tertiary/aromatic N) is 4. The summed E-state index contributed by atoms with van der Waals surface area (Å²) >= 11 is 2.92. The smallest absolute Gasteiger partial charge is 0.253 e. The van der Waals surface area contributed by atoms with Crippen LogP contribution in [0, 0.1) is 0 Å². The van der Waals surface area contributed by atoms with Crippen LogP contribution in [0.4, 0.5) is 0 Å². The van der Waals surface area contributed by atoms with Crippen molar-refractivity contribution in [3.05, 3.63) is 65.0 Å². The predicted molar refractivity (Wildman–Crippen MR) is 96.5 cm³/mol. The predicted octanol–water partition coefficient (Wildman–Crippen LogP) is 3.60. The minimum Gasteiger partial charge on any atom is -0.467 e. The van der Waals surface area contributed by atoms with Crippen LogP contribution >= 0.6 is 23.1 Å². The van der Waals surface area contributed by atoms with Crippen molar-refractivity contribution in [1.29, 1.82) is 0 Å². The van der Waals surface area contributed by atoms with E-state index < -0.39 is 0 Å². The highest BCUT2D eigenvalue weighted by atomic mass is 32.2. The van der Waals surface area contributed by atoms with Gasteiger partial charge in [0.05, 0.1) is 22.6 Å². The lowest BCUT2D eigenvalue weighted by atomic mass is 10.1. The molecule has 8 heteroatoms. The number of amides is 1. The van der Waals surface area contributed by atoms with Crippen molar-refractivity contribution in [3.63, 3.8) is 0 Å². The van der Waals surface area contributed by atoms with Gasteiger partial charge in [-0.15, -0.1) is 11.3 Å². The van der Waals surface area contributed by atoms with Crippen LogP contribution in [0.3, 0.4) is 0 Å². The Labute approximate surface area is 152 Å². The molecule has 0 radical (unpaired) electrons. The number of carbonyl (C=O) groups is 1. The topological polar surface area (TPSA) is 71.6 Å². The van der Waals surface area contributed by atoms with Crippen LogP contribution in [-0.2, 0) is 4.79 Å². The van der Waals surface area contributed by atoms with Gasteiger partial charge in [0.2, 0.25) is 0 Å². The van der Waals surface area contributed by atoms with Crippen molar-refractivity contribution in [2.24, 2.45) is 5.10 Å². The quantitative estimate of drug-likeness (QED) is 0.507. The van der Waals surface area contributed by atoms with Crippen LogP contribution < -0.4 is 0 Å². The molecule has 0 fully saturated rings. The molecule has 6 nitrogen and oxygen atoms in total. The molecule has 0 saturated carbocycles. The van der Waals surface area contributed by atoms with Crippen LogP contribution in [0.15, 0.2) is 69.0 Å². The van der Waals surface area contributed by atoms with Gasteiger partial charge in [-0.1, -0.05) is 17.8 Å². The van der Waals surface area contributed by atoms with E-state index in [1.165, 1.54) is 16.8 Å². The Morgan fingerprint density at radius 1 is 1.28 bits per heavy atom. The fourth-order valence-corrected chi connectivity index (χ4v) is 3.96. The molecule has 1 amide bonds. The zero-order valence-electron chi connectivity index (χ0n) is 13.1. The maximum atomic E-state index is 12.7. The molecule has 0 N–H and O–H groups in total. The summed E-state index contributed by atoms with van der Waals surface area (Å²) in [6.45, 7) is 0. The van der Waals surface area contributed by atoms with Gasteiger partial charge in [-0.25, -0.2) is 15.0 Å². The van der Waals surface area contributed by atoms with Gasteiger partial charge in [0.25, 0.3) is 5.91 Å². The summed E-state index contributed by atoms with van der Waals surface area (Å²) in [7, 11) is 0. The standard InChI is InChI=1S/C17H14N4O2S2/c22-16(11-25-17-18-6-3-7-19-17)21-13(14-4-1-8-23-14)10-12(20-21)15-5-2-9-24-15/h1-9,13H,10-11H2/t13-/m0/s1. The Bertz CT molecular complexity index is 863. The minimum atomic E-state index is -0.211. The zero-order chi connectivity index (χ0) is 17.1. The summed E-state index contributed by atoms with van der Waals surface area (Å²) < 4.78 is 5.53. The molecule has 0 aliphatic carbocycles. The van der Waals surface area contributed by atoms with Gasteiger partial charge >= 0.3 is 0 Å². The zero-order valence-corrected chi connectivity index (χ0v) is 14.7. The minimum absolute atomic E-state index is 0.0922. The molecule has 0 bridgehead atoms. The van der Waals surface area contributed by atoms with E-state index in [2.05, 4.69) is 15.1 Å². The summed E-state index contributed by atoms with van der Waals surface area (Å²) in [6, 6.07) is 9.24. The first-order valence-electron chi connectivity index (χ1n) is 7.68. The Kier molecular flexibility index (Phi) is 4.62. The lowest BCUT2D eigenvalue weighted by Gasteiger charge is -2.19. The van der Waals surface area contributed by atoms with E-state index >= 15 is 0 Å². The first kappa shape index (κ1) is 16.0.